The molecule has 3 aromatic rings. The van der Waals surface area contributed by atoms with Gasteiger partial charge < -0.3 is 5.32 Å². The van der Waals surface area contributed by atoms with Gasteiger partial charge in [0.1, 0.15) is 10.1 Å². The number of nitrogens with zero attached hydrogens (tertiary/aromatic N) is 3. The van der Waals surface area contributed by atoms with Gasteiger partial charge in [-0.05, 0) is 52.9 Å². The SMILES string of the molecule is CC(F)CCc1c(F)c2c(NCc3ccccc3)nc(Cl)nn2c1Br. The van der Waals surface area contributed by atoms with E-state index in [1.165, 1.54) is 11.4 Å². The highest BCUT2D eigenvalue weighted by Gasteiger charge is 2.22. The Labute approximate surface area is 157 Å². The molecular formula is C17H16BrClF2N4. The van der Waals surface area contributed by atoms with Gasteiger partial charge in [-0.1, -0.05) is 30.3 Å². The van der Waals surface area contributed by atoms with Gasteiger partial charge in [0.25, 0.3) is 0 Å². The van der Waals surface area contributed by atoms with Crippen LogP contribution in [0, 0.1) is 5.82 Å². The lowest BCUT2D eigenvalue weighted by Crippen LogP contribution is -2.06. The van der Waals surface area contributed by atoms with Crippen molar-refractivity contribution in [1.82, 2.24) is 14.6 Å². The van der Waals surface area contributed by atoms with Crippen LogP contribution in [0.25, 0.3) is 5.52 Å². The smallest absolute Gasteiger partial charge is 0.243 e. The summed E-state index contributed by atoms with van der Waals surface area (Å²) in [7, 11) is 0. The van der Waals surface area contributed by atoms with Crippen LogP contribution in [0.2, 0.25) is 5.28 Å². The van der Waals surface area contributed by atoms with Gasteiger partial charge in [0.2, 0.25) is 5.28 Å². The molecule has 2 heterocycles. The lowest BCUT2D eigenvalue weighted by molar-refractivity contribution is 0.340. The Morgan fingerprint density at radius 2 is 2.04 bits per heavy atom. The summed E-state index contributed by atoms with van der Waals surface area (Å²) in [5.74, 6) is -0.179. The van der Waals surface area contributed by atoms with E-state index in [0.717, 1.165) is 5.56 Å². The molecule has 0 saturated carbocycles. The van der Waals surface area contributed by atoms with Gasteiger partial charge in [0.15, 0.2) is 11.6 Å². The summed E-state index contributed by atoms with van der Waals surface area (Å²) < 4.78 is 29.9. The van der Waals surface area contributed by atoms with E-state index in [0.29, 0.717) is 22.5 Å². The average molecular weight is 430 g/mol. The number of aromatic nitrogens is 3. The number of fused-ring (bicyclic) bond motifs is 1. The van der Waals surface area contributed by atoms with Crippen molar-refractivity contribution in [2.75, 3.05) is 5.32 Å². The molecule has 0 fully saturated rings. The van der Waals surface area contributed by atoms with Gasteiger partial charge in [-0.3, -0.25) is 0 Å². The molecule has 1 atom stereocenters. The van der Waals surface area contributed by atoms with Crippen molar-refractivity contribution >= 4 is 38.9 Å². The summed E-state index contributed by atoms with van der Waals surface area (Å²) in [5.41, 5.74) is 1.57. The summed E-state index contributed by atoms with van der Waals surface area (Å²) >= 11 is 9.32. The topological polar surface area (TPSA) is 42.2 Å². The Hall–Kier alpha value is -1.73. The zero-order valence-electron chi connectivity index (χ0n) is 13.4. The summed E-state index contributed by atoms with van der Waals surface area (Å²) in [6.45, 7) is 1.91. The standard InChI is InChI=1S/C17H16BrClF2N4/c1-10(20)7-8-12-13(21)14-16(22-9-11-5-3-2-4-6-11)23-17(19)24-25(14)15(12)18/h2-6,10H,7-9H2,1H3,(H,22,23,24). The quantitative estimate of drug-likeness (QED) is 0.586. The van der Waals surface area contributed by atoms with Crippen LogP contribution in [0.3, 0.4) is 0 Å². The summed E-state index contributed by atoms with van der Waals surface area (Å²) in [4.78, 5) is 4.11. The largest absolute Gasteiger partial charge is 0.364 e. The Balaban J connectivity index is 1.99. The third kappa shape index (κ3) is 3.93. The van der Waals surface area contributed by atoms with Crippen LogP contribution in [0.4, 0.5) is 14.6 Å². The Bertz CT molecular complexity index is 883. The Morgan fingerprint density at radius 1 is 1.32 bits per heavy atom. The minimum Gasteiger partial charge on any atom is -0.364 e. The number of hydrogen-bond donors (Lipinski definition) is 1. The molecule has 0 spiro atoms. The van der Waals surface area contributed by atoms with Gasteiger partial charge in [0.05, 0.1) is 6.17 Å². The number of halogens is 4. The highest BCUT2D eigenvalue weighted by molar-refractivity contribution is 9.10. The molecule has 1 unspecified atom stereocenters. The highest BCUT2D eigenvalue weighted by Crippen LogP contribution is 2.32. The highest BCUT2D eigenvalue weighted by atomic mass is 79.9. The molecular weight excluding hydrogens is 414 g/mol. The van der Waals surface area contributed by atoms with Crippen molar-refractivity contribution in [3.05, 3.63) is 57.2 Å². The molecule has 2 aromatic heterocycles. The fourth-order valence-corrected chi connectivity index (χ4v) is 3.35. The molecule has 0 radical (unpaired) electrons. The van der Waals surface area contributed by atoms with Gasteiger partial charge in [-0.2, -0.15) is 4.98 Å². The molecule has 8 heteroatoms. The third-order valence-corrected chi connectivity index (χ3v) is 4.80. The van der Waals surface area contributed by atoms with E-state index in [1.54, 1.807) is 0 Å². The summed E-state index contributed by atoms with van der Waals surface area (Å²) in [6.07, 6.45) is -0.538. The summed E-state index contributed by atoms with van der Waals surface area (Å²) in [5, 5.41) is 7.14. The van der Waals surface area contributed by atoms with E-state index in [1.807, 2.05) is 30.3 Å². The van der Waals surface area contributed by atoms with E-state index in [2.05, 4.69) is 31.3 Å². The fourth-order valence-electron chi connectivity index (χ4n) is 2.56. The number of nitrogens with one attached hydrogen (secondary N) is 1. The molecule has 25 heavy (non-hydrogen) atoms. The van der Waals surface area contributed by atoms with Crippen molar-refractivity contribution in [3.63, 3.8) is 0 Å². The molecule has 132 valence electrons. The first-order valence-corrected chi connectivity index (χ1v) is 8.98. The third-order valence-electron chi connectivity index (χ3n) is 3.83. The molecule has 0 saturated heterocycles. The molecule has 4 nitrogen and oxygen atoms in total. The van der Waals surface area contributed by atoms with E-state index in [9.17, 15) is 8.78 Å². The predicted octanol–water partition coefficient (Wildman–Crippen LogP) is 5.19. The molecule has 1 aromatic carbocycles. The first-order valence-electron chi connectivity index (χ1n) is 7.81. The first-order chi connectivity index (χ1) is 12.0. The Morgan fingerprint density at radius 3 is 2.72 bits per heavy atom. The molecule has 1 N–H and O–H groups in total. The number of rotatable bonds is 6. The maximum Gasteiger partial charge on any atom is 0.243 e. The van der Waals surface area contributed by atoms with Crippen molar-refractivity contribution in [2.24, 2.45) is 0 Å². The number of alkyl halides is 1. The van der Waals surface area contributed by atoms with E-state index in [4.69, 9.17) is 11.6 Å². The minimum atomic E-state index is -1.01. The van der Waals surface area contributed by atoms with Crippen LogP contribution >= 0.6 is 27.5 Å². The second-order valence-electron chi connectivity index (χ2n) is 5.73. The van der Waals surface area contributed by atoms with Crippen molar-refractivity contribution in [2.45, 2.75) is 32.5 Å². The second kappa shape index (κ2) is 7.66. The predicted molar refractivity (Wildman–Crippen MR) is 98.3 cm³/mol. The van der Waals surface area contributed by atoms with Gasteiger partial charge >= 0.3 is 0 Å². The van der Waals surface area contributed by atoms with E-state index < -0.39 is 12.0 Å². The normalized spacial score (nSPS) is 12.5. The van der Waals surface area contributed by atoms with Crippen molar-refractivity contribution in [1.29, 1.82) is 0 Å². The lowest BCUT2D eigenvalue weighted by Gasteiger charge is -2.08. The molecule has 3 rings (SSSR count). The molecule has 0 aliphatic rings. The number of benzene rings is 1. The van der Waals surface area contributed by atoms with Crippen molar-refractivity contribution < 1.29 is 8.78 Å². The van der Waals surface area contributed by atoms with Crippen LogP contribution in [-0.4, -0.2) is 20.8 Å². The van der Waals surface area contributed by atoms with Gasteiger partial charge in [-0.25, -0.2) is 13.3 Å². The van der Waals surface area contributed by atoms with Crippen LogP contribution in [0.1, 0.15) is 24.5 Å². The van der Waals surface area contributed by atoms with Crippen LogP contribution in [0.15, 0.2) is 34.9 Å². The lowest BCUT2D eigenvalue weighted by atomic mass is 10.1. The van der Waals surface area contributed by atoms with Gasteiger partial charge in [-0.15, -0.1) is 5.10 Å². The van der Waals surface area contributed by atoms with Crippen molar-refractivity contribution in [3.8, 4) is 0 Å². The fraction of sp³-hybridized carbons (Fsp3) is 0.294. The maximum atomic E-state index is 14.9. The number of hydrogen-bond acceptors (Lipinski definition) is 3. The molecule has 0 aliphatic heterocycles. The van der Waals surface area contributed by atoms with Crippen LogP contribution in [-0.2, 0) is 13.0 Å². The monoisotopic (exact) mass is 428 g/mol. The zero-order valence-corrected chi connectivity index (χ0v) is 15.8. The number of anilines is 1. The molecule has 0 bridgehead atoms. The first kappa shape index (κ1) is 18.1. The van der Waals surface area contributed by atoms with E-state index in [-0.39, 0.29) is 23.6 Å². The van der Waals surface area contributed by atoms with E-state index >= 15 is 0 Å². The minimum absolute atomic E-state index is 0.0100. The average Bonchev–Trinajstić information content (AvgIpc) is 2.82. The van der Waals surface area contributed by atoms with Crippen LogP contribution in [0.5, 0.6) is 0 Å². The summed E-state index contributed by atoms with van der Waals surface area (Å²) in [6, 6.07) is 9.66. The second-order valence-corrected chi connectivity index (χ2v) is 6.82. The zero-order chi connectivity index (χ0) is 18.0. The molecule has 0 amide bonds. The van der Waals surface area contributed by atoms with Crippen LogP contribution < -0.4 is 5.32 Å². The Kier molecular flexibility index (Phi) is 5.54. The van der Waals surface area contributed by atoms with Gasteiger partial charge in [0, 0.05) is 12.1 Å². The maximum absolute atomic E-state index is 14.9. The molecule has 0 aliphatic carbocycles.